The molecule has 2 nitrogen and oxygen atoms in total. The standard InChI is InChI=1S/C38H22IO2S2.C32H12BF24/c40-37(35-27-13-5-1-9-23(27)21-24-10-2-6-14-28(24)35)31-17-19-33(42-31)39-34-20-18-32(43-34)38(41)36-29-15-7-3-11-25(29)22-26-12-4-8-16-30(26)36;34-25(35,36)13-1-14(26(37,38)39)6-21(5-13)33(22-7-15(27(40,41)42)2-16(8-22)28(43,44)45,23-9-17(29(46,47)48)3-18(10-23)30(49,50)51)24-11-19(31(52,53)54)4-20(12-24)32(55,56)57/h1-22H;1-12H/q+1;-1. The summed E-state index contributed by atoms with van der Waals surface area (Å²) in [5, 5.41) is 8.23. The molecule has 516 valence electrons. The molecule has 0 fully saturated rings. The van der Waals surface area contributed by atoms with E-state index in [0.29, 0.717) is 0 Å². The number of ketones is 2. The molecule has 0 saturated heterocycles. The molecule has 0 spiro atoms. The Bertz CT molecular complexity index is 4470. The van der Waals surface area contributed by atoms with Crippen LogP contribution in [0.25, 0.3) is 43.1 Å². The van der Waals surface area contributed by atoms with E-state index in [0.717, 1.165) is 64.0 Å². The number of carbonyl (C=O) groups excluding carboxylic acids is 2. The SMILES string of the molecule is FC(F)(F)c1cc([B-](c2cc(C(F)(F)F)cc(C(F)(F)F)c2)(c2cc(C(F)(F)F)cc(C(F)(F)F)c2)c2cc(C(F)(F)F)cc(C(F)(F)F)c2)cc(C(F)(F)F)c1.O=C(c1ccc([I+]c2ccc(C(=O)c3c4ccccc4cc4ccccc34)s2)s1)c1c2ccccc2cc2ccccc12. The Morgan fingerprint density at radius 3 is 0.660 bits per heavy atom. The molecule has 0 aliphatic heterocycles. The van der Waals surface area contributed by atoms with Crippen molar-refractivity contribution in [1.29, 1.82) is 0 Å². The average Bonchev–Trinajstić information content (AvgIpc) is 0.795. The van der Waals surface area contributed by atoms with Gasteiger partial charge in [0.05, 0.1) is 54.3 Å². The van der Waals surface area contributed by atoms with Crippen molar-refractivity contribution in [1.82, 2.24) is 0 Å². The minimum Gasteiger partial charge on any atom is -0.288 e. The van der Waals surface area contributed by atoms with Crippen LogP contribution in [-0.4, -0.2) is 17.7 Å². The first-order valence-electron chi connectivity index (χ1n) is 28.5. The molecule has 0 atom stereocenters. The van der Waals surface area contributed by atoms with Crippen LogP contribution in [0.3, 0.4) is 0 Å². The lowest BCUT2D eigenvalue weighted by Gasteiger charge is -2.46. The highest BCUT2D eigenvalue weighted by molar-refractivity contribution is 7.20. The monoisotopic (exact) mass is 1560 g/mol. The lowest BCUT2D eigenvalue weighted by atomic mass is 9.12. The van der Waals surface area contributed by atoms with Crippen LogP contribution in [0.2, 0.25) is 0 Å². The molecule has 100 heavy (non-hydrogen) atoms. The molecule has 0 N–H and O–H groups in total. The first-order valence-corrected chi connectivity index (χ1v) is 32.3. The van der Waals surface area contributed by atoms with E-state index in [-0.39, 0.29) is 11.6 Å². The Labute approximate surface area is 565 Å². The Balaban J connectivity index is 0.000000208. The molecule has 12 aromatic rings. The number of hydrogen-bond acceptors (Lipinski definition) is 4. The van der Waals surface area contributed by atoms with Gasteiger partial charge in [-0.05, 0) is 91.6 Å². The smallest absolute Gasteiger partial charge is 0.288 e. The van der Waals surface area contributed by atoms with E-state index >= 15 is 0 Å². The number of thiophene rings is 2. The fourth-order valence-electron chi connectivity index (χ4n) is 11.9. The summed E-state index contributed by atoms with van der Waals surface area (Å²) in [6.07, 6.45) is -54.8. The first-order chi connectivity index (χ1) is 46.4. The van der Waals surface area contributed by atoms with E-state index in [4.69, 9.17) is 0 Å². The molecule has 0 aliphatic carbocycles. The highest BCUT2D eigenvalue weighted by atomic mass is 127. The third-order valence-electron chi connectivity index (χ3n) is 16.2. The second-order valence-electron chi connectivity index (χ2n) is 22.6. The first kappa shape index (κ1) is 72.3. The van der Waals surface area contributed by atoms with Gasteiger partial charge in [0.25, 0.3) is 0 Å². The van der Waals surface area contributed by atoms with Gasteiger partial charge in [-0.3, -0.25) is 9.59 Å². The van der Waals surface area contributed by atoms with Crippen molar-refractivity contribution in [3.63, 3.8) is 0 Å². The van der Waals surface area contributed by atoms with Gasteiger partial charge in [0, 0.05) is 23.3 Å². The summed E-state index contributed by atoms with van der Waals surface area (Å²) < 4.78 is 343. The van der Waals surface area contributed by atoms with Crippen LogP contribution >= 0.6 is 22.7 Å². The van der Waals surface area contributed by atoms with E-state index < -0.39 is 216 Å². The Morgan fingerprint density at radius 1 is 0.260 bits per heavy atom. The topological polar surface area (TPSA) is 34.1 Å². The van der Waals surface area contributed by atoms with Gasteiger partial charge in [-0.1, -0.05) is 168 Å². The van der Waals surface area contributed by atoms with Crippen LogP contribution in [0, 0.1) is 5.77 Å². The summed E-state index contributed by atoms with van der Waals surface area (Å²) in [7, 11) is 0. The van der Waals surface area contributed by atoms with E-state index in [2.05, 4.69) is 48.5 Å². The Hall–Kier alpha value is -8.91. The van der Waals surface area contributed by atoms with E-state index in [1.807, 2.05) is 84.9 Å². The van der Waals surface area contributed by atoms with Gasteiger partial charge in [0.1, 0.15) is 6.15 Å². The quantitative estimate of drug-likeness (QED) is 0.0450. The van der Waals surface area contributed by atoms with Crippen molar-refractivity contribution in [2.45, 2.75) is 49.4 Å². The summed E-state index contributed by atoms with van der Waals surface area (Å²) in [6, 6.07) is 36.1. The second kappa shape index (κ2) is 25.9. The van der Waals surface area contributed by atoms with Crippen molar-refractivity contribution in [2.75, 3.05) is 0 Å². The summed E-state index contributed by atoms with van der Waals surface area (Å²) >= 11 is 2.64. The van der Waals surface area contributed by atoms with Gasteiger partial charge in [-0.2, -0.15) is 127 Å². The number of carbonyl (C=O) groups is 2. The second-order valence-corrected chi connectivity index (χ2v) is 29.1. The van der Waals surface area contributed by atoms with Gasteiger partial charge in [-0.15, -0.1) is 0 Å². The predicted molar refractivity (Wildman–Crippen MR) is 326 cm³/mol. The molecule has 0 unspecified atom stereocenters. The van der Waals surface area contributed by atoms with Gasteiger partial charge in [0.15, 0.2) is 0 Å². The molecule has 2 aromatic heterocycles. The van der Waals surface area contributed by atoms with Crippen LogP contribution in [0.5, 0.6) is 0 Å². The molecule has 10 aromatic carbocycles. The normalized spacial score (nSPS) is 13.1. The molecule has 0 amide bonds. The highest BCUT2D eigenvalue weighted by Gasteiger charge is 2.48. The Morgan fingerprint density at radius 2 is 0.460 bits per heavy atom. The number of halogens is 25. The maximum atomic E-state index is 14.2. The lowest BCUT2D eigenvalue weighted by molar-refractivity contribution is -0.585. The zero-order chi connectivity index (χ0) is 72.8. The van der Waals surface area contributed by atoms with Crippen molar-refractivity contribution in [3.8, 4) is 0 Å². The highest BCUT2D eigenvalue weighted by Crippen LogP contribution is 2.43. The molecular weight excluding hydrogens is 1530 g/mol. The maximum Gasteiger partial charge on any atom is 0.416 e. The van der Waals surface area contributed by atoms with Gasteiger partial charge >= 0.3 is 70.6 Å². The average molecular weight is 1560 g/mol. The fraction of sp³-hybridized carbons (Fsp3) is 0.114. The lowest BCUT2D eigenvalue weighted by Crippen LogP contribution is -3.61. The van der Waals surface area contributed by atoms with Crippen molar-refractivity contribution >= 4 is 105 Å². The van der Waals surface area contributed by atoms with Crippen LogP contribution in [0.4, 0.5) is 105 Å². The van der Waals surface area contributed by atoms with Crippen LogP contribution in [-0.2, 0) is 49.4 Å². The Kier molecular flexibility index (Phi) is 18.8. The fourth-order valence-corrected chi connectivity index (χ4v) is 18.1. The molecule has 12 rings (SSSR count). The molecule has 0 radical (unpaired) electrons. The summed E-state index contributed by atoms with van der Waals surface area (Å²) in [5.74, 6) is 0.135. The maximum absolute atomic E-state index is 14.2. The molecule has 0 aliphatic rings. The van der Waals surface area contributed by atoms with E-state index in [1.165, 1.54) is 5.77 Å². The van der Waals surface area contributed by atoms with Crippen LogP contribution in [0.15, 0.2) is 206 Å². The molecule has 0 bridgehead atoms. The van der Waals surface area contributed by atoms with Crippen LogP contribution < -0.4 is 43.1 Å². The van der Waals surface area contributed by atoms with E-state index in [1.54, 1.807) is 22.7 Å². The summed E-state index contributed by atoms with van der Waals surface area (Å²) in [6.45, 7) is 0. The molecule has 2 heterocycles. The number of alkyl halides is 24. The van der Waals surface area contributed by atoms with E-state index in [9.17, 15) is 115 Å². The van der Waals surface area contributed by atoms with Crippen LogP contribution in [0.1, 0.15) is 75.0 Å². The number of hydrogen-bond donors (Lipinski definition) is 0. The van der Waals surface area contributed by atoms with Gasteiger partial charge in [0.2, 0.25) is 17.3 Å². The third kappa shape index (κ3) is 14.7. The summed E-state index contributed by atoms with van der Waals surface area (Å²) in [5.41, 5.74) is -28.7. The predicted octanol–water partition coefficient (Wildman–Crippen LogP) is 18.2. The summed E-state index contributed by atoms with van der Waals surface area (Å²) in [4.78, 5) is 29.5. The van der Waals surface area contributed by atoms with Crippen molar-refractivity contribution in [3.05, 3.63) is 277 Å². The number of fused-ring (bicyclic) bond motifs is 4. The number of rotatable bonds is 10. The molecule has 30 heteroatoms. The van der Waals surface area contributed by atoms with Gasteiger partial charge < -0.3 is 0 Å². The van der Waals surface area contributed by atoms with Crippen molar-refractivity contribution in [2.24, 2.45) is 0 Å². The zero-order valence-corrected chi connectivity index (χ0v) is 53.1. The van der Waals surface area contributed by atoms with Gasteiger partial charge in [-0.25, -0.2) is 0 Å². The molecule has 0 saturated carbocycles. The van der Waals surface area contributed by atoms with Crippen molar-refractivity contribution < 1.29 is 136 Å². The largest absolute Gasteiger partial charge is 0.416 e. The minimum atomic E-state index is -6.13. The third-order valence-corrected chi connectivity index (χ3v) is 22.1. The molecular formula is C70H34BF24IO2S2. The minimum absolute atomic E-state index is 0.0677. The number of benzene rings is 10. The zero-order valence-electron chi connectivity index (χ0n) is 49.3.